The Balaban J connectivity index is 3.11. The fourth-order valence-corrected chi connectivity index (χ4v) is 3.31. The predicted molar refractivity (Wildman–Crippen MR) is 143 cm³/mol. The number of likely N-dealkylation sites (N-methyl/N-ethyl adjacent to an activating group) is 1. The van der Waals surface area contributed by atoms with Crippen molar-refractivity contribution in [1.29, 1.82) is 0 Å². The molecule has 0 spiro atoms. The molecule has 0 fully saturated rings. The van der Waals surface area contributed by atoms with Gasteiger partial charge >= 0.3 is 18.0 Å². The number of benzene rings is 1. The maximum absolute atomic E-state index is 13.0. The second kappa shape index (κ2) is 17.0. The van der Waals surface area contributed by atoms with Crippen molar-refractivity contribution in [3.63, 3.8) is 0 Å². The van der Waals surface area contributed by atoms with Crippen molar-refractivity contribution in [3.8, 4) is 0 Å². The van der Waals surface area contributed by atoms with E-state index in [0.717, 1.165) is 25.9 Å². The number of nitrogens with two attached hydrogens (primary N) is 1. The fraction of sp³-hybridized carbons (Fsp3) is 0.556. The number of esters is 2. The first-order chi connectivity index (χ1) is 18.4. The summed E-state index contributed by atoms with van der Waals surface area (Å²) in [6.45, 7) is 7.97. The number of oxime groups is 1. The SMILES string of the molecule is CCN(C(=O)OC(C)(C)C)C(CC[C@@H](COCc1ccccc1)OC)/C(N)=N/O/C(=C\C(=O)OC)C(=O)OC. The van der Waals surface area contributed by atoms with E-state index in [1.54, 1.807) is 34.8 Å². The number of nitrogens with zero attached hydrogens (tertiary/aromatic N) is 2. The summed E-state index contributed by atoms with van der Waals surface area (Å²) in [5, 5.41) is 3.83. The first-order valence-electron chi connectivity index (χ1n) is 12.5. The smallest absolute Gasteiger partial charge is 0.410 e. The van der Waals surface area contributed by atoms with Crippen LogP contribution in [0.2, 0.25) is 0 Å². The van der Waals surface area contributed by atoms with E-state index < -0.39 is 35.4 Å². The van der Waals surface area contributed by atoms with Crippen LogP contribution in [-0.4, -0.2) is 81.0 Å². The van der Waals surface area contributed by atoms with Crippen LogP contribution in [0.4, 0.5) is 4.79 Å². The molecule has 0 heterocycles. The topological polar surface area (TPSA) is 148 Å². The summed E-state index contributed by atoms with van der Waals surface area (Å²) in [6, 6.07) is 8.93. The summed E-state index contributed by atoms with van der Waals surface area (Å²) in [5.41, 5.74) is 6.54. The lowest BCUT2D eigenvalue weighted by Crippen LogP contribution is -2.50. The zero-order chi connectivity index (χ0) is 29.4. The van der Waals surface area contributed by atoms with Crippen LogP contribution < -0.4 is 5.73 Å². The number of amides is 1. The van der Waals surface area contributed by atoms with Gasteiger partial charge in [0.1, 0.15) is 5.60 Å². The molecule has 1 aromatic rings. The highest BCUT2D eigenvalue weighted by Gasteiger charge is 2.31. The third-order valence-corrected chi connectivity index (χ3v) is 5.28. The summed E-state index contributed by atoms with van der Waals surface area (Å²) < 4.78 is 26.1. The Morgan fingerprint density at radius 2 is 1.72 bits per heavy atom. The average molecular weight is 552 g/mol. The molecule has 12 nitrogen and oxygen atoms in total. The van der Waals surface area contributed by atoms with Crippen molar-refractivity contribution >= 4 is 23.9 Å². The summed E-state index contributed by atoms with van der Waals surface area (Å²) >= 11 is 0. The van der Waals surface area contributed by atoms with Crippen LogP contribution in [0, 0.1) is 0 Å². The van der Waals surface area contributed by atoms with Crippen LogP contribution in [0.1, 0.15) is 46.1 Å². The van der Waals surface area contributed by atoms with E-state index in [1.165, 1.54) is 4.90 Å². The van der Waals surface area contributed by atoms with Gasteiger partial charge in [-0.05, 0) is 46.1 Å². The number of hydrogen-bond acceptors (Lipinski definition) is 10. The first-order valence-corrected chi connectivity index (χ1v) is 12.5. The number of carbonyl (C=O) groups is 3. The quantitative estimate of drug-likeness (QED) is 0.0655. The molecule has 0 aliphatic heterocycles. The second-order valence-corrected chi connectivity index (χ2v) is 9.35. The summed E-state index contributed by atoms with van der Waals surface area (Å²) in [4.78, 5) is 43.2. The minimum atomic E-state index is -0.969. The predicted octanol–water partition coefficient (Wildman–Crippen LogP) is 3.14. The lowest BCUT2D eigenvalue weighted by molar-refractivity contribution is -0.142. The molecule has 0 radical (unpaired) electrons. The largest absolute Gasteiger partial charge is 0.466 e. The Bertz CT molecular complexity index is 974. The van der Waals surface area contributed by atoms with Gasteiger partial charge in [-0.25, -0.2) is 14.4 Å². The number of methoxy groups -OCH3 is 3. The molecular formula is C27H41N3O9. The molecule has 0 aliphatic rings. The van der Waals surface area contributed by atoms with Crippen LogP contribution in [0.3, 0.4) is 0 Å². The van der Waals surface area contributed by atoms with E-state index >= 15 is 0 Å². The van der Waals surface area contributed by atoms with E-state index in [1.807, 2.05) is 30.3 Å². The van der Waals surface area contributed by atoms with Gasteiger partial charge in [-0.15, -0.1) is 0 Å². The molecule has 2 atom stereocenters. The van der Waals surface area contributed by atoms with E-state index in [9.17, 15) is 14.4 Å². The monoisotopic (exact) mass is 551 g/mol. The standard InChI is InChI=1S/C27H41N3O9/c1-8-30(26(33)38-27(2,3)4)21(24(28)29-39-22(25(32)36-7)16-23(31)35-6)15-14-20(34-5)18-37-17-19-12-10-9-11-13-19/h9-13,16,20-21H,8,14-15,17-18H2,1-7H3,(H2,28,29)/b22-16-/t20-,21?/m0/s1. The average Bonchev–Trinajstić information content (AvgIpc) is 2.90. The van der Waals surface area contributed by atoms with Gasteiger partial charge in [0, 0.05) is 13.7 Å². The number of rotatable bonds is 15. The van der Waals surface area contributed by atoms with Crippen LogP contribution in [-0.2, 0) is 44.7 Å². The van der Waals surface area contributed by atoms with Crippen molar-refractivity contribution in [1.82, 2.24) is 4.90 Å². The maximum atomic E-state index is 13.0. The fourth-order valence-electron chi connectivity index (χ4n) is 3.31. The first kappa shape index (κ1) is 33.4. The van der Waals surface area contributed by atoms with Crippen molar-refractivity contribution in [2.24, 2.45) is 10.9 Å². The Kier molecular flexibility index (Phi) is 14.6. The van der Waals surface area contributed by atoms with Crippen molar-refractivity contribution < 1.29 is 42.9 Å². The van der Waals surface area contributed by atoms with E-state index in [0.29, 0.717) is 26.1 Å². The molecule has 2 N–H and O–H groups in total. The summed E-state index contributed by atoms with van der Waals surface area (Å²) in [5.74, 6) is -2.51. The molecule has 39 heavy (non-hydrogen) atoms. The Morgan fingerprint density at radius 3 is 2.26 bits per heavy atom. The third-order valence-electron chi connectivity index (χ3n) is 5.28. The molecule has 0 bridgehead atoms. The van der Waals surface area contributed by atoms with Gasteiger partial charge in [0.15, 0.2) is 5.84 Å². The Morgan fingerprint density at radius 1 is 1.05 bits per heavy atom. The van der Waals surface area contributed by atoms with Gasteiger partial charge in [-0.3, -0.25) is 4.90 Å². The molecule has 218 valence electrons. The van der Waals surface area contributed by atoms with Crippen LogP contribution in [0.5, 0.6) is 0 Å². The zero-order valence-electron chi connectivity index (χ0n) is 23.8. The van der Waals surface area contributed by atoms with Gasteiger partial charge in [0.25, 0.3) is 0 Å². The van der Waals surface area contributed by atoms with Gasteiger partial charge < -0.3 is 34.3 Å². The molecule has 0 saturated heterocycles. The zero-order valence-corrected chi connectivity index (χ0v) is 23.8. The van der Waals surface area contributed by atoms with E-state index in [4.69, 9.17) is 24.8 Å². The Hall–Kier alpha value is -3.64. The van der Waals surface area contributed by atoms with Crippen LogP contribution >= 0.6 is 0 Å². The molecule has 1 aromatic carbocycles. The van der Waals surface area contributed by atoms with E-state index in [2.05, 4.69) is 14.6 Å². The number of hydrogen-bond donors (Lipinski definition) is 1. The second-order valence-electron chi connectivity index (χ2n) is 9.35. The van der Waals surface area contributed by atoms with Gasteiger partial charge in [-0.1, -0.05) is 35.5 Å². The highest BCUT2D eigenvalue weighted by Crippen LogP contribution is 2.17. The van der Waals surface area contributed by atoms with Gasteiger partial charge in [0.2, 0.25) is 5.76 Å². The number of carbonyl (C=O) groups excluding carboxylic acids is 3. The molecule has 0 saturated carbocycles. The molecular weight excluding hydrogens is 510 g/mol. The molecule has 1 rings (SSSR count). The number of ether oxygens (including phenoxy) is 5. The summed E-state index contributed by atoms with van der Waals surface area (Å²) in [6.07, 6.45) is 0.585. The third kappa shape index (κ3) is 12.6. The molecule has 12 heteroatoms. The minimum absolute atomic E-state index is 0.137. The van der Waals surface area contributed by atoms with Crippen molar-refractivity contribution in [2.45, 2.75) is 64.9 Å². The molecule has 0 aliphatic carbocycles. The Labute approximate surface area is 230 Å². The summed E-state index contributed by atoms with van der Waals surface area (Å²) in [7, 11) is 3.81. The minimum Gasteiger partial charge on any atom is -0.466 e. The molecule has 1 unspecified atom stereocenters. The lowest BCUT2D eigenvalue weighted by Gasteiger charge is -2.33. The normalized spacial score (nSPS) is 13.7. The van der Waals surface area contributed by atoms with Gasteiger partial charge in [0.05, 0.1) is 45.7 Å². The van der Waals surface area contributed by atoms with Crippen molar-refractivity contribution in [2.75, 3.05) is 34.5 Å². The van der Waals surface area contributed by atoms with Crippen LogP contribution in [0.25, 0.3) is 0 Å². The highest BCUT2D eigenvalue weighted by molar-refractivity contribution is 5.95. The highest BCUT2D eigenvalue weighted by atomic mass is 16.7. The molecule has 1 amide bonds. The lowest BCUT2D eigenvalue weighted by atomic mass is 10.1. The van der Waals surface area contributed by atoms with Gasteiger partial charge in [-0.2, -0.15) is 0 Å². The number of amidine groups is 1. The van der Waals surface area contributed by atoms with Crippen molar-refractivity contribution in [3.05, 3.63) is 47.7 Å². The van der Waals surface area contributed by atoms with E-state index in [-0.39, 0.29) is 18.5 Å². The van der Waals surface area contributed by atoms with Crippen LogP contribution in [0.15, 0.2) is 47.3 Å². The maximum Gasteiger partial charge on any atom is 0.410 e. The molecule has 0 aromatic heterocycles.